The first-order valence-corrected chi connectivity index (χ1v) is 4.66. The van der Waals surface area contributed by atoms with E-state index in [0.29, 0.717) is 10.7 Å². The number of carbonyl (C=O) groups excluding carboxylic acids is 1. The quantitative estimate of drug-likeness (QED) is 0.730. The van der Waals surface area contributed by atoms with Crippen molar-refractivity contribution in [2.24, 2.45) is 0 Å². The number of carbonyl (C=O) groups is 1. The molecule has 4 nitrogen and oxygen atoms in total. The minimum atomic E-state index is -0.486. The molecule has 2 aromatic rings. The van der Waals surface area contributed by atoms with Crippen LogP contribution in [0.25, 0.3) is 10.9 Å². The number of fused-ring (bicyclic) bond motifs is 1. The number of nitrogens with one attached hydrogen (secondary N) is 1. The molecule has 0 aliphatic rings. The number of hydrogen-bond donors (Lipinski definition) is 2. The Labute approximate surface area is 91.0 Å². The van der Waals surface area contributed by atoms with Crippen LogP contribution in [0.3, 0.4) is 0 Å². The van der Waals surface area contributed by atoms with E-state index in [1.54, 1.807) is 18.2 Å². The van der Waals surface area contributed by atoms with Crippen molar-refractivity contribution in [1.82, 2.24) is 4.98 Å². The number of hydrogen-bond acceptors (Lipinski definition) is 3. The van der Waals surface area contributed by atoms with Crippen LogP contribution in [0.15, 0.2) is 18.2 Å². The first kappa shape index (κ1) is 9.86. The second-order valence-electron chi connectivity index (χ2n) is 3.10. The highest BCUT2D eigenvalue weighted by atomic mass is 35.5. The topological polar surface area (TPSA) is 68.1 Å². The number of esters is 1. The molecule has 0 aliphatic carbocycles. The van der Waals surface area contributed by atoms with Gasteiger partial charge in [0.1, 0.15) is 5.69 Å². The van der Waals surface area contributed by atoms with Gasteiger partial charge in [0.25, 0.3) is 0 Å². The summed E-state index contributed by atoms with van der Waals surface area (Å²) >= 11 is 5.83. The molecule has 0 fully saturated rings. The Hall–Kier alpha value is -1.68. The number of nitrogen functional groups attached to an aromatic ring is 1. The van der Waals surface area contributed by atoms with Gasteiger partial charge in [-0.25, -0.2) is 4.79 Å². The third-order valence-electron chi connectivity index (χ3n) is 2.19. The Morgan fingerprint density at radius 1 is 1.53 bits per heavy atom. The first-order chi connectivity index (χ1) is 7.13. The number of aromatic nitrogens is 1. The van der Waals surface area contributed by atoms with Crippen LogP contribution in [-0.4, -0.2) is 18.1 Å². The van der Waals surface area contributed by atoms with Crippen LogP contribution in [0.2, 0.25) is 5.02 Å². The number of nitrogens with two attached hydrogens (primary N) is 1. The normalized spacial score (nSPS) is 10.5. The van der Waals surface area contributed by atoms with Gasteiger partial charge < -0.3 is 15.5 Å². The standard InChI is InChI=1S/C10H9ClN2O2/c1-15-10(14)9-8(12)6-4-5(11)2-3-7(6)13-9/h2-4,13H,12H2,1H3. The molecule has 1 aromatic heterocycles. The van der Waals surface area contributed by atoms with Gasteiger partial charge in [0.2, 0.25) is 0 Å². The molecule has 2 rings (SSSR count). The van der Waals surface area contributed by atoms with E-state index in [2.05, 4.69) is 9.72 Å². The Morgan fingerprint density at radius 3 is 2.93 bits per heavy atom. The Morgan fingerprint density at radius 2 is 2.27 bits per heavy atom. The summed E-state index contributed by atoms with van der Waals surface area (Å²) in [6.07, 6.45) is 0. The summed E-state index contributed by atoms with van der Waals surface area (Å²) in [6, 6.07) is 5.19. The van der Waals surface area contributed by atoms with Gasteiger partial charge >= 0.3 is 5.97 Å². The molecule has 1 aromatic carbocycles. The molecule has 0 aliphatic heterocycles. The monoisotopic (exact) mass is 224 g/mol. The molecule has 0 radical (unpaired) electrons. The molecule has 1 heterocycles. The van der Waals surface area contributed by atoms with E-state index in [-0.39, 0.29) is 5.69 Å². The Bertz CT molecular complexity index is 533. The average Bonchev–Trinajstić information content (AvgIpc) is 2.55. The molecule has 0 atom stereocenters. The Kier molecular flexibility index (Phi) is 2.28. The van der Waals surface area contributed by atoms with Gasteiger partial charge in [-0.15, -0.1) is 0 Å². The number of H-pyrrole nitrogens is 1. The molecule has 0 saturated carbocycles. The lowest BCUT2D eigenvalue weighted by atomic mass is 10.2. The predicted octanol–water partition coefficient (Wildman–Crippen LogP) is 2.19. The van der Waals surface area contributed by atoms with E-state index >= 15 is 0 Å². The van der Waals surface area contributed by atoms with E-state index in [0.717, 1.165) is 10.9 Å². The molecule has 0 spiro atoms. The zero-order chi connectivity index (χ0) is 11.0. The van der Waals surface area contributed by atoms with E-state index in [1.165, 1.54) is 7.11 Å². The summed E-state index contributed by atoms with van der Waals surface area (Å²) in [4.78, 5) is 14.2. The zero-order valence-corrected chi connectivity index (χ0v) is 8.76. The number of anilines is 1. The fraction of sp³-hybridized carbons (Fsp3) is 0.100. The summed E-state index contributed by atoms with van der Waals surface area (Å²) in [5, 5.41) is 1.30. The number of ether oxygens (including phenoxy) is 1. The number of aromatic amines is 1. The maximum absolute atomic E-state index is 11.3. The van der Waals surface area contributed by atoms with E-state index < -0.39 is 5.97 Å². The lowest BCUT2D eigenvalue weighted by Crippen LogP contribution is -2.04. The molecule has 15 heavy (non-hydrogen) atoms. The summed E-state index contributed by atoms with van der Waals surface area (Å²) in [6.45, 7) is 0. The third kappa shape index (κ3) is 1.53. The molecule has 5 heteroatoms. The van der Waals surface area contributed by atoms with E-state index in [1.807, 2.05) is 0 Å². The van der Waals surface area contributed by atoms with Crippen molar-refractivity contribution < 1.29 is 9.53 Å². The van der Waals surface area contributed by atoms with Crippen molar-refractivity contribution in [1.29, 1.82) is 0 Å². The van der Waals surface area contributed by atoms with Crippen LogP contribution >= 0.6 is 11.6 Å². The van der Waals surface area contributed by atoms with Gasteiger partial charge in [-0.05, 0) is 18.2 Å². The van der Waals surface area contributed by atoms with Crippen molar-refractivity contribution in [2.75, 3.05) is 12.8 Å². The first-order valence-electron chi connectivity index (χ1n) is 4.28. The van der Waals surface area contributed by atoms with Crippen molar-refractivity contribution in [3.63, 3.8) is 0 Å². The highest BCUT2D eigenvalue weighted by molar-refractivity contribution is 6.31. The lowest BCUT2D eigenvalue weighted by Gasteiger charge is -1.96. The van der Waals surface area contributed by atoms with Crippen LogP contribution < -0.4 is 5.73 Å². The van der Waals surface area contributed by atoms with E-state index in [9.17, 15) is 4.79 Å². The largest absolute Gasteiger partial charge is 0.464 e. The third-order valence-corrected chi connectivity index (χ3v) is 2.43. The van der Waals surface area contributed by atoms with Crippen molar-refractivity contribution in [3.8, 4) is 0 Å². The molecule has 3 N–H and O–H groups in total. The molecular formula is C10H9ClN2O2. The van der Waals surface area contributed by atoms with Gasteiger partial charge in [0.05, 0.1) is 12.8 Å². The maximum atomic E-state index is 11.3. The highest BCUT2D eigenvalue weighted by Crippen LogP contribution is 2.27. The van der Waals surface area contributed by atoms with Crippen LogP contribution in [0.4, 0.5) is 5.69 Å². The summed E-state index contributed by atoms with van der Waals surface area (Å²) in [5.74, 6) is -0.486. The van der Waals surface area contributed by atoms with Crippen LogP contribution in [0.1, 0.15) is 10.5 Å². The zero-order valence-electron chi connectivity index (χ0n) is 8.00. The summed E-state index contributed by atoms with van der Waals surface area (Å²) < 4.78 is 4.59. The lowest BCUT2D eigenvalue weighted by molar-refractivity contribution is 0.0596. The molecular weight excluding hydrogens is 216 g/mol. The van der Waals surface area contributed by atoms with Gasteiger partial charge in [-0.2, -0.15) is 0 Å². The maximum Gasteiger partial charge on any atom is 0.356 e. The second kappa shape index (κ2) is 3.47. The Balaban J connectivity index is 2.69. The summed E-state index contributed by atoms with van der Waals surface area (Å²) in [7, 11) is 1.31. The highest BCUT2D eigenvalue weighted by Gasteiger charge is 2.15. The molecule has 0 unspecified atom stereocenters. The second-order valence-corrected chi connectivity index (χ2v) is 3.53. The van der Waals surface area contributed by atoms with E-state index in [4.69, 9.17) is 17.3 Å². The van der Waals surface area contributed by atoms with Crippen molar-refractivity contribution in [3.05, 3.63) is 28.9 Å². The smallest absolute Gasteiger partial charge is 0.356 e. The molecule has 0 saturated heterocycles. The fourth-order valence-corrected chi connectivity index (χ4v) is 1.62. The molecule has 0 amide bonds. The van der Waals surface area contributed by atoms with Crippen LogP contribution in [0.5, 0.6) is 0 Å². The molecule has 78 valence electrons. The van der Waals surface area contributed by atoms with Crippen LogP contribution in [0, 0.1) is 0 Å². The summed E-state index contributed by atoms with van der Waals surface area (Å²) in [5.41, 5.74) is 7.17. The number of benzene rings is 1. The SMILES string of the molecule is COC(=O)c1[nH]c2ccc(Cl)cc2c1N. The van der Waals surface area contributed by atoms with Crippen molar-refractivity contribution in [2.45, 2.75) is 0 Å². The number of rotatable bonds is 1. The number of halogens is 1. The minimum absolute atomic E-state index is 0.259. The van der Waals surface area contributed by atoms with Gasteiger partial charge in [0.15, 0.2) is 0 Å². The van der Waals surface area contributed by atoms with Crippen LogP contribution in [-0.2, 0) is 4.74 Å². The number of methoxy groups -OCH3 is 1. The van der Waals surface area contributed by atoms with Gasteiger partial charge in [-0.3, -0.25) is 0 Å². The fourth-order valence-electron chi connectivity index (χ4n) is 1.45. The predicted molar refractivity (Wildman–Crippen MR) is 59.1 cm³/mol. The van der Waals surface area contributed by atoms with Gasteiger partial charge in [0, 0.05) is 15.9 Å². The average molecular weight is 225 g/mol. The minimum Gasteiger partial charge on any atom is -0.464 e. The molecule has 0 bridgehead atoms. The van der Waals surface area contributed by atoms with Gasteiger partial charge in [-0.1, -0.05) is 11.6 Å². The van der Waals surface area contributed by atoms with Crippen molar-refractivity contribution >= 4 is 34.2 Å².